The molecule has 0 aliphatic carbocycles. The number of sulfonamides is 1. The Morgan fingerprint density at radius 2 is 1.96 bits per heavy atom. The van der Waals surface area contributed by atoms with Crippen LogP contribution in [0.15, 0.2) is 29.2 Å². The normalized spacial score (nSPS) is 14.0. The van der Waals surface area contributed by atoms with E-state index in [2.05, 4.69) is 4.72 Å². The molecule has 10 nitrogen and oxygen atoms in total. The third kappa shape index (κ3) is 5.85. The fraction of sp³-hybridized carbons (Fsp3) is 0.462. The number of aliphatic hydroxyl groups excluding tert-OH is 1. The van der Waals surface area contributed by atoms with Crippen LogP contribution in [0, 0.1) is 10.1 Å². The van der Waals surface area contributed by atoms with Crippen molar-refractivity contribution in [2.24, 2.45) is 0 Å². The Hall–Kier alpha value is -2.08. The van der Waals surface area contributed by atoms with Crippen molar-refractivity contribution in [3.8, 4) is 0 Å². The van der Waals surface area contributed by atoms with Crippen molar-refractivity contribution in [1.82, 2.24) is 4.72 Å². The van der Waals surface area contributed by atoms with Gasteiger partial charge in [-0.1, -0.05) is 0 Å². The number of nitrogens with zero attached hydrogens (tertiary/aromatic N) is 1. The van der Waals surface area contributed by atoms with Crippen LogP contribution < -0.4 is 4.72 Å². The van der Waals surface area contributed by atoms with Gasteiger partial charge in [-0.15, -0.1) is 0 Å². The molecule has 1 aromatic carbocycles. The van der Waals surface area contributed by atoms with Gasteiger partial charge in [-0.05, 0) is 12.1 Å². The highest BCUT2D eigenvalue weighted by Gasteiger charge is 2.23. The minimum absolute atomic E-state index is 0.186. The maximum Gasteiger partial charge on any atom is 0.302 e. The Morgan fingerprint density at radius 1 is 1.38 bits per heavy atom. The Kier molecular flexibility index (Phi) is 7.22. The average molecular weight is 362 g/mol. The highest BCUT2D eigenvalue weighted by Crippen LogP contribution is 2.15. The molecule has 11 heteroatoms. The molecule has 2 atom stereocenters. The molecule has 0 spiro atoms. The summed E-state index contributed by atoms with van der Waals surface area (Å²) in [5.41, 5.74) is -0.241. The number of methoxy groups -OCH3 is 1. The fourth-order valence-corrected chi connectivity index (χ4v) is 2.74. The van der Waals surface area contributed by atoms with Crippen LogP contribution in [0.1, 0.15) is 6.92 Å². The lowest BCUT2D eigenvalue weighted by Crippen LogP contribution is -2.42. The van der Waals surface area contributed by atoms with Crippen LogP contribution >= 0.6 is 0 Å². The molecule has 0 aliphatic heterocycles. The van der Waals surface area contributed by atoms with E-state index in [1.54, 1.807) is 0 Å². The Labute approximate surface area is 138 Å². The summed E-state index contributed by atoms with van der Waals surface area (Å²) in [7, 11) is -2.69. The molecular formula is C13H18N2O8S. The first-order valence-electron chi connectivity index (χ1n) is 6.75. The predicted octanol–water partition coefficient (Wildman–Crippen LogP) is -0.188. The van der Waals surface area contributed by atoms with Gasteiger partial charge in [-0.3, -0.25) is 14.9 Å². The molecule has 0 radical (unpaired) electrons. The van der Waals surface area contributed by atoms with Crippen LogP contribution in [0.5, 0.6) is 0 Å². The number of carbonyl (C=O) groups is 1. The minimum atomic E-state index is -3.97. The number of esters is 1. The van der Waals surface area contributed by atoms with E-state index >= 15 is 0 Å². The van der Waals surface area contributed by atoms with E-state index in [0.29, 0.717) is 0 Å². The van der Waals surface area contributed by atoms with Gasteiger partial charge < -0.3 is 14.6 Å². The smallest absolute Gasteiger partial charge is 0.302 e. The zero-order valence-corrected chi connectivity index (χ0v) is 13.9. The SMILES string of the molecule is CO[C@@H](COC(C)=O)[C@@H](O)CNS(=O)(=O)c1ccc([N+](=O)[O-])cc1. The van der Waals surface area contributed by atoms with Crippen molar-refractivity contribution in [3.63, 3.8) is 0 Å². The summed E-state index contributed by atoms with van der Waals surface area (Å²) in [5, 5.41) is 20.5. The zero-order valence-electron chi connectivity index (χ0n) is 13.0. The van der Waals surface area contributed by atoms with Crippen LogP contribution in [-0.4, -0.2) is 56.9 Å². The van der Waals surface area contributed by atoms with Gasteiger partial charge in [0.1, 0.15) is 12.7 Å². The molecule has 0 amide bonds. The molecule has 0 saturated heterocycles. The van der Waals surface area contributed by atoms with Gasteiger partial charge in [-0.2, -0.15) is 0 Å². The number of nitro benzene ring substituents is 1. The van der Waals surface area contributed by atoms with E-state index in [-0.39, 0.29) is 23.7 Å². The first-order chi connectivity index (χ1) is 11.2. The summed E-state index contributed by atoms with van der Waals surface area (Å²) in [6, 6.07) is 4.28. The van der Waals surface area contributed by atoms with E-state index in [4.69, 9.17) is 9.47 Å². The molecule has 0 aromatic heterocycles. The Balaban J connectivity index is 2.69. The second kappa shape index (κ2) is 8.68. The molecule has 1 aromatic rings. The number of carbonyl (C=O) groups excluding carboxylic acids is 1. The average Bonchev–Trinajstić information content (AvgIpc) is 2.53. The Morgan fingerprint density at radius 3 is 2.42 bits per heavy atom. The predicted molar refractivity (Wildman–Crippen MR) is 81.7 cm³/mol. The summed E-state index contributed by atoms with van der Waals surface area (Å²) in [6.07, 6.45) is -2.17. The van der Waals surface area contributed by atoms with Gasteiger partial charge >= 0.3 is 5.97 Å². The Bertz CT molecular complexity index is 674. The van der Waals surface area contributed by atoms with Crippen molar-refractivity contribution in [3.05, 3.63) is 34.4 Å². The molecule has 0 bridgehead atoms. The van der Waals surface area contributed by atoms with Crippen molar-refractivity contribution in [2.45, 2.75) is 24.0 Å². The number of non-ortho nitro benzene ring substituents is 1. The largest absolute Gasteiger partial charge is 0.463 e. The van der Waals surface area contributed by atoms with Crippen LogP contribution in [0.2, 0.25) is 0 Å². The van der Waals surface area contributed by atoms with Crippen LogP contribution in [0.25, 0.3) is 0 Å². The number of rotatable bonds is 9. The van der Waals surface area contributed by atoms with E-state index in [1.165, 1.54) is 14.0 Å². The summed E-state index contributed by atoms with van der Waals surface area (Å²) < 4.78 is 36.0. The first-order valence-corrected chi connectivity index (χ1v) is 8.24. The van der Waals surface area contributed by atoms with Crippen LogP contribution in [0.4, 0.5) is 5.69 Å². The lowest BCUT2D eigenvalue weighted by Gasteiger charge is -2.21. The molecule has 1 rings (SSSR count). The number of hydrogen-bond acceptors (Lipinski definition) is 8. The number of aliphatic hydroxyl groups is 1. The van der Waals surface area contributed by atoms with Gasteiger partial charge in [0.25, 0.3) is 5.69 Å². The summed E-state index contributed by atoms with van der Waals surface area (Å²) in [4.78, 5) is 20.5. The lowest BCUT2D eigenvalue weighted by molar-refractivity contribution is -0.384. The molecule has 24 heavy (non-hydrogen) atoms. The topological polar surface area (TPSA) is 145 Å². The number of nitro groups is 1. The number of benzene rings is 1. The van der Waals surface area contributed by atoms with Crippen molar-refractivity contribution < 1.29 is 32.7 Å². The minimum Gasteiger partial charge on any atom is -0.463 e. The summed E-state index contributed by atoms with van der Waals surface area (Å²) in [6.45, 7) is 0.571. The van der Waals surface area contributed by atoms with Crippen LogP contribution in [-0.2, 0) is 24.3 Å². The number of ether oxygens (including phenoxy) is 2. The summed E-state index contributed by atoms with van der Waals surface area (Å²) >= 11 is 0. The first kappa shape index (κ1) is 20.0. The molecule has 2 N–H and O–H groups in total. The molecule has 0 fully saturated rings. The van der Waals surface area contributed by atoms with E-state index < -0.39 is 33.1 Å². The molecule has 0 aliphatic rings. The van der Waals surface area contributed by atoms with Crippen molar-refractivity contribution in [1.29, 1.82) is 0 Å². The lowest BCUT2D eigenvalue weighted by atomic mass is 10.2. The van der Waals surface area contributed by atoms with E-state index in [1.807, 2.05) is 0 Å². The number of hydrogen-bond donors (Lipinski definition) is 2. The highest BCUT2D eigenvalue weighted by atomic mass is 32.2. The molecule has 134 valence electrons. The standard InChI is InChI=1S/C13H18N2O8S/c1-9(16)23-8-13(22-2)12(17)7-14-24(20,21)11-5-3-10(4-6-11)15(18)19/h3-6,12-14,17H,7-8H2,1-2H3/t12-,13-/m0/s1. The van der Waals surface area contributed by atoms with E-state index in [0.717, 1.165) is 24.3 Å². The molecular weight excluding hydrogens is 344 g/mol. The van der Waals surface area contributed by atoms with Crippen molar-refractivity contribution >= 4 is 21.7 Å². The maximum absolute atomic E-state index is 12.1. The van der Waals surface area contributed by atoms with Gasteiger partial charge in [0.2, 0.25) is 10.0 Å². The van der Waals surface area contributed by atoms with Gasteiger partial charge in [0.05, 0.1) is 15.9 Å². The maximum atomic E-state index is 12.1. The summed E-state index contributed by atoms with van der Waals surface area (Å²) in [5.74, 6) is -0.560. The van der Waals surface area contributed by atoms with Gasteiger partial charge in [-0.25, -0.2) is 13.1 Å². The third-order valence-electron chi connectivity index (χ3n) is 3.02. The molecule has 0 heterocycles. The second-order valence-electron chi connectivity index (χ2n) is 4.75. The second-order valence-corrected chi connectivity index (χ2v) is 6.51. The van der Waals surface area contributed by atoms with Gasteiger partial charge in [0.15, 0.2) is 0 Å². The fourth-order valence-electron chi connectivity index (χ4n) is 1.69. The number of nitrogens with one attached hydrogen (secondary N) is 1. The van der Waals surface area contributed by atoms with Crippen LogP contribution in [0.3, 0.4) is 0 Å². The molecule has 0 unspecified atom stereocenters. The van der Waals surface area contributed by atoms with Gasteiger partial charge in [0, 0.05) is 32.7 Å². The highest BCUT2D eigenvalue weighted by molar-refractivity contribution is 7.89. The monoisotopic (exact) mass is 362 g/mol. The molecule has 0 saturated carbocycles. The van der Waals surface area contributed by atoms with E-state index in [9.17, 15) is 28.4 Å². The zero-order chi connectivity index (χ0) is 18.3. The third-order valence-corrected chi connectivity index (χ3v) is 4.46. The van der Waals surface area contributed by atoms with Crippen molar-refractivity contribution in [2.75, 3.05) is 20.3 Å². The quantitative estimate of drug-likeness (QED) is 0.349.